The summed E-state index contributed by atoms with van der Waals surface area (Å²) in [6.07, 6.45) is 11.7. The van der Waals surface area contributed by atoms with Crippen molar-refractivity contribution in [3.63, 3.8) is 0 Å². The van der Waals surface area contributed by atoms with Crippen LogP contribution in [0.15, 0.2) is 46.5 Å². The lowest BCUT2D eigenvalue weighted by Crippen LogP contribution is -2.22. The molecule has 1 aromatic rings. The van der Waals surface area contributed by atoms with Crippen molar-refractivity contribution >= 4 is 27.9 Å². The van der Waals surface area contributed by atoms with Crippen LogP contribution in [0.4, 0.5) is 0 Å². The Hall–Kier alpha value is -1.35. The van der Waals surface area contributed by atoms with Gasteiger partial charge < -0.3 is 5.32 Å². The fourth-order valence-corrected chi connectivity index (χ4v) is 2.55. The van der Waals surface area contributed by atoms with Crippen LogP contribution in [0.2, 0.25) is 0 Å². The number of allylic oxidation sites excluding steroid dienone is 1. The van der Waals surface area contributed by atoms with Crippen LogP contribution in [0, 0.1) is 0 Å². The Morgan fingerprint density at radius 2 is 2.05 bits per heavy atom. The number of rotatable bonds is 5. The Morgan fingerprint density at radius 3 is 2.75 bits per heavy atom. The molecule has 1 N–H and O–H groups in total. The van der Waals surface area contributed by atoms with Gasteiger partial charge in [0.1, 0.15) is 0 Å². The summed E-state index contributed by atoms with van der Waals surface area (Å²) in [5.74, 6) is -0.0238. The molecule has 3 heteroatoms. The summed E-state index contributed by atoms with van der Waals surface area (Å²) in [7, 11) is 0. The van der Waals surface area contributed by atoms with E-state index in [-0.39, 0.29) is 5.91 Å². The number of hydrogen-bond donors (Lipinski definition) is 1. The highest BCUT2D eigenvalue weighted by molar-refractivity contribution is 9.10. The third-order valence-corrected chi connectivity index (χ3v) is 3.96. The van der Waals surface area contributed by atoms with Gasteiger partial charge in [-0.1, -0.05) is 39.7 Å². The molecule has 0 aromatic heterocycles. The van der Waals surface area contributed by atoms with Gasteiger partial charge in [0.2, 0.25) is 5.91 Å². The first kappa shape index (κ1) is 15.0. The smallest absolute Gasteiger partial charge is 0.244 e. The molecule has 1 aromatic carbocycles. The standard InChI is InChI=1S/C17H20BrNO/c18-16-9-6-15(7-10-16)8-11-17(20)19-13-12-14-4-2-1-3-5-14/h4,6-11H,1-3,5,12-13H2,(H,19,20)/b11-8+. The molecule has 0 spiro atoms. The summed E-state index contributed by atoms with van der Waals surface area (Å²) < 4.78 is 1.04. The lowest BCUT2D eigenvalue weighted by atomic mass is 9.97. The van der Waals surface area contributed by atoms with E-state index in [1.807, 2.05) is 30.3 Å². The molecule has 0 heterocycles. The average Bonchev–Trinajstić information content (AvgIpc) is 2.48. The molecular formula is C17H20BrNO. The molecule has 0 saturated carbocycles. The molecule has 0 aliphatic heterocycles. The molecule has 0 unspecified atom stereocenters. The highest BCUT2D eigenvalue weighted by Gasteiger charge is 2.03. The zero-order valence-electron chi connectivity index (χ0n) is 11.6. The fraction of sp³-hybridized carbons (Fsp3) is 0.353. The molecule has 0 fully saturated rings. The summed E-state index contributed by atoms with van der Waals surface area (Å²) in [5.41, 5.74) is 2.52. The van der Waals surface area contributed by atoms with Crippen LogP contribution in [0.1, 0.15) is 37.7 Å². The van der Waals surface area contributed by atoms with E-state index in [1.165, 1.54) is 31.3 Å². The lowest BCUT2D eigenvalue weighted by Gasteiger charge is -2.12. The van der Waals surface area contributed by atoms with Crippen molar-refractivity contribution in [2.24, 2.45) is 0 Å². The third-order valence-electron chi connectivity index (χ3n) is 3.43. The maximum atomic E-state index is 11.7. The minimum absolute atomic E-state index is 0.0238. The molecule has 2 nitrogen and oxygen atoms in total. The van der Waals surface area contributed by atoms with Crippen LogP contribution < -0.4 is 5.32 Å². The summed E-state index contributed by atoms with van der Waals surface area (Å²) in [5, 5.41) is 2.94. The summed E-state index contributed by atoms with van der Waals surface area (Å²) in [4.78, 5) is 11.7. The molecule has 1 amide bonds. The van der Waals surface area contributed by atoms with Gasteiger partial charge in [0.05, 0.1) is 0 Å². The van der Waals surface area contributed by atoms with Gasteiger partial charge in [-0.2, -0.15) is 0 Å². The number of hydrogen-bond acceptors (Lipinski definition) is 1. The predicted molar refractivity (Wildman–Crippen MR) is 87.4 cm³/mol. The molecule has 0 atom stereocenters. The zero-order valence-corrected chi connectivity index (χ0v) is 13.2. The van der Waals surface area contributed by atoms with Crippen LogP contribution in [0.3, 0.4) is 0 Å². The van der Waals surface area contributed by atoms with E-state index in [9.17, 15) is 4.79 Å². The average molecular weight is 334 g/mol. The quantitative estimate of drug-likeness (QED) is 0.625. The highest BCUT2D eigenvalue weighted by atomic mass is 79.9. The van der Waals surface area contributed by atoms with E-state index in [2.05, 4.69) is 27.3 Å². The molecule has 2 rings (SSSR count). The van der Waals surface area contributed by atoms with Gasteiger partial charge in [0.15, 0.2) is 0 Å². The Kier molecular flexibility index (Phi) is 6.06. The lowest BCUT2D eigenvalue weighted by molar-refractivity contribution is -0.116. The normalized spacial score (nSPS) is 15.2. The SMILES string of the molecule is O=C(/C=C/c1ccc(Br)cc1)NCCC1=CCCCC1. The largest absolute Gasteiger partial charge is 0.352 e. The van der Waals surface area contributed by atoms with Gasteiger partial charge in [0, 0.05) is 17.1 Å². The molecule has 20 heavy (non-hydrogen) atoms. The Morgan fingerprint density at radius 1 is 1.25 bits per heavy atom. The second-order valence-electron chi connectivity index (χ2n) is 5.03. The maximum absolute atomic E-state index is 11.7. The maximum Gasteiger partial charge on any atom is 0.244 e. The van der Waals surface area contributed by atoms with Gasteiger partial charge in [-0.15, -0.1) is 0 Å². The third kappa shape index (κ3) is 5.33. The monoisotopic (exact) mass is 333 g/mol. The molecule has 1 aliphatic carbocycles. The number of benzene rings is 1. The first-order valence-corrected chi connectivity index (χ1v) is 7.93. The molecule has 106 valence electrons. The van der Waals surface area contributed by atoms with Gasteiger partial charge in [0.25, 0.3) is 0 Å². The second kappa shape index (κ2) is 8.05. The topological polar surface area (TPSA) is 29.1 Å². The minimum Gasteiger partial charge on any atom is -0.352 e. The van der Waals surface area contributed by atoms with Crippen LogP contribution >= 0.6 is 15.9 Å². The Balaban J connectivity index is 1.72. The Bertz CT molecular complexity index is 502. The molecule has 0 radical (unpaired) electrons. The van der Waals surface area contributed by atoms with Crippen molar-refractivity contribution in [3.05, 3.63) is 52.0 Å². The fourth-order valence-electron chi connectivity index (χ4n) is 2.28. The van der Waals surface area contributed by atoms with E-state index in [4.69, 9.17) is 0 Å². The summed E-state index contributed by atoms with van der Waals surface area (Å²) >= 11 is 3.39. The number of carbonyl (C=O) groups excluding carboxylic acids is 1. The molecular weight excluding hydrogens is 314 g/mol. The van der Waals surface area contributed by atoms with Crippen molar-refractivity contribution in [1.82, 2.24) is 5.32 Å². The van der Waals surface area contributed by atoms with E-state index >= 15 is 0 Å². The number of halogens is 1. The minimum atomic E-state index is -0.0238. The number of amides is 1. The van der Waals surface area contributed by atoms with Crippen molar-refractivity contribution in [3.8, 4) is 0 Å². The number of carbonyl (C=O) groups is 1. The van der Waals surface area contributed by atoms with Gasteiger partial charge in [-0.3, -0.25) is 4.79 Å². The molecule has 0 saturated heterocycles. The number of nitrogens with one attached hydrogen (secondary N) is 1. The van der Waals surface area contributed by atoms with Gasteiger partial charge >= 0.3 is 0 Å². The van der Waals surface area contributed by atoms with E-state index < -0.39 is 0 Å². The van der Waals surface area contributed by atoms with E-state index in [0.29, 0.717) is 0 Å². The van der Waals surface area contributed by atoms with Crippen LogP contribution in [-0.2, 0) is 4.79 Å². The van der Waals surface area contributed by atoms with E-state index in [1.54, 1.807) is 6.08 Å². The van der Waals surface area contributed by atoms with Crippen molar-refractivity contribution in [1.29, 1.82) is 0 Å². The van der Waals surface area contributed by atoms with Crippen molar-refractivity contribution < 1.29 is 4.79 Å². The zero-order chi connectivity index (χ0) is 14.2. The van der Waals surface area contributed by atoms with Crippen LogP contribution in [-0.4, -0.2) is 12.5 Å². The van der Waals surface area contributed by atoms with E-state index in [0.717, 1.165) is 23.0 Å². The van der Waals surface area contributed by atoms with Crippen LogP contribution in [0.5, 0.6) is 0 Å². The molecule has 1 aliphatic rings. The highest BCUT2D eigenvalue weighted by Crippen LogP contribution is 2.19. The van der Waals surface area contributed by atoms with Crippen LogP contribution in [0.25, 0.3) is 6.08 Å². The van der Waals surface area contributed by atoms with Crippen molar-refractivity contribution in [2.75, 3.05) is 6.54 Å². The Labute approximate surface area is 129 Å². The molecule has 0 bridgehead atoms. The van der Waals surface area contributed by atoms with Crippen molar-refractivity contribution in [2.45, 2.75) is 32.1 Å². The summed E-state index contributed by atoms with van der Waals surface area (Å²) in [6.45, 7) is 0.731. The first-order chi connectivity index (χ1) is 9.74. The first-order valence-electron chi connectivity index (χ1n) is 7.13. The van der Waals surface area contributed by atoms with Gasteiger partial charge in [-0.05, 0) is 55.9 Å². The second-order valence-corrected chi connectivity index (χ2v) is 5.95. The summed E-state index contributed by atoms with van der Waals surface area (Å²) in [6, 6.07) is 7.88. The predicted octanol–water partition coefficient (Wildman–Crippen LogP) is 4.47. The van der Waals surface area contributed by atoms with Gasteiger partial charge in [-0.25, -0.2) is 0 Å².